The highest BCUT2D eigenvalue weighted by atomic mass is 35.5. The Morgan fingerprint density at radius 3 is 2.35 bits per heavy atom. The number of nitrogens with two attached hydrogens (primary N) is 1. The summed E-state index contributed by atoms with van der Waals surface area (Å²) < 4.78 is 5.33. The first-order valence-corrected chi connectivity index (χ1v) is 13.9. The maximum atomic E-state index is 12.2. The summed E-state index contributed by atoms with van der Waals surface area (Å²) in [6.45, 7) is 6.95. The first-order valence-electron chi connectivity index (χ1n) is 12.3. The molecule has 3 aromatic rings. The van der Waals surface area contributed by atoms with E-state index in [1.807, 2.05) is 30.0 Å². The molecule has 1 fully saturated rings. The van der Waals surface area contributed by atoms with Gasteiger partial charge in [0.15, 0.2) is 0 Å². The highest BCUT2D eigenvalue weighted by Crippen LogP contribution is 2.36. The number of aromatic hydroxyl groups is 1. The number of halogens is 1. The standard InChI is InChI=1S/C28H32ClN3O4S/c1-19(33)36-26-4-2-3-22-23(27(28(30)35)25(34)17-24(22)26)9-10-31-11-13-32(14-12-31)15-16-37-18-20-5-7-21(29)8-6-20/h2-8,17,34H,9-16,18H2,1H3,(H2,30,35). The number of benzene rings is 3. The van der Waals surface area contributed by atoms with Crippen LogP contribution in [0.3, 0.4) is 0 Å². The number of nitrogens with zero attached hydrogens (tertiary/aromatic N) is 2. The molecule has 0 unspecified atom stereocenters. The summed E-state index contributed by atoms with van der Waals surface area (Å²) in [6, 6.07) is 14.8. The molecule has 0 saturated carbocycles. The third-order valence-electron chi connectivity index (χ3n) is 6.61. The fraction of sp³-hybridized carbons (Fsp3) is 0.357. The van der Waals surface area contributed by atoms with Gasteiger partial charge in [-0.3, -0.25) is 14.5 Å². The van der Waals surface area contributed by atoms with E-state index in [1.165, 1.54) is 18.6 Å². The quantitative estimate of drug-likeness (QED) is 0.224. The summed E-state index contributed by atoms with van der Waals surface area (Å²) in [5.74, 6) is 1.08. The van der Waals surface area contributed by atoms with Crippen LogP contribution in [0.15, 0.2) is 48.5 Å². The monoisotopic (exact) mass is 541 g/mol. The molecule has 1 amide bonds. The zero-order chi connectivity index (χ0) is 26.4. The van der Waals surface area contributed by atoms with E-state index in [2.05, 4.69) is 21.9 Å². The molecule has 0 spiro atoms. The number of thioether (sulfide) groups is 1. The first kappa shape index (κ1) is 27.3. The van der Waals surface area contributed by atoms with E-state index in [0.717, 1.165) is 61.2 Å². The summed E-state index contributed by atoms with van der Waals surface area (Å²) in [6.07, 6.45) is 0.545. The van der Waals surface area contributed by atoms with Gasteiger partial charge in [-0.05, 0) is 47.2 Å². The molecule has 3 N–H and O–H groups in total. The molecule has 3 aromatic carbocycles. The number of piperazine rings is 1. The van der Waals surface area contributed by atoms with Crippen molar-refractivity contribution in [2.75, 3.05) is 45.0 Å². The third kappa shape index (κ3) is 7.17. The SMILES string of the molecule is CC(=O)Oc1cccc2c(CCN3CCN(CCSCc4ccc(Cl)cc4)CC3)c(C(N)=O)c(O)cc12. The lowest BCUT2D eigenvalue weighted by Gasteiger charge is -2.34. The van der Waals surface area contributed by atoms with E-state index in [0.29, 0.717) is 23.1 Å². The smallest absolute Gasteiger partial charge is 0.308 e. The average Bonchev–Trinajstić information content (AvgIpc) is 2.86. The van der Waals surface area contributed by atoms with Crippen LogP contribution in [-0.2, 0) is 17.0 Å². The Morgan fingerprint density at radius 1 is 1.03 bits per heavy atom. The second-order valence-corrected chi connectivity index (χ2v) is 10.7. The number of fused-ring (bicyclic) bond motifs is 1. The van der Waals surface area contributed by atoms with Gasteiger partial charge in [0.1, 0.15) is 11.5 Å². The predicted molar refractivity (Wildman–Crippen MR) is 150 cm³/mol. The summed E-state index contributed by atoms with van der Waals surface area (Å²) in [5.41, 5.74) is 7.73. The van der Waals surface area contributed by atoms with Gasteiger partial charge in [-0.15, -0.1) is 0 Å². The van der Waals surface area contributed by atoms with Gasteiger partial charge in [0.2, 0.25) is 0 Å². The Hall–Kier alpha value is -2.78. The van der Waals surface area contributed by atoms with Crippen LogP contribution in [0.1, 0.15) is 28.4 Å². The number of amides is 1. The molecule has 4 rings (SSSR count). The minimum atomic E-state index is -0.673. The van der Waals surface area contributed by atoms with E-state index in [1.54, 1.807) is 12.1 Å². The second kappa shape index (κ2) is 12.6. The van der Waals surface area contributed by atoms with Crippen molar-refractivity contribution < 1.29 is 19.4 Å². The number of esters is 1. The van der Waals surface area contributed by atoms with Crippen molar-refractivity contribution >= 4 is 46.0 Å². The topological polar surface area (TPSA) is 96.1 Å². The van der Waals surface area contributed by atoms with Gasteiger partial charge in [-0.25, -0.2) is 0 Å². The minimum absolute atomic E-state index is 0.129. The number of carbonyl (C=O) groups is 2. The molecular weight excluding hydrogens is 510 g/mol. The van der Waals surface area contributed by atoms with Gasteiger partial charge in [-0.2, -0.15) is 11.8 Å². The van der Waals surface area contributed by atoms with Gasteiger partial charge in [-0.1, -0.05) is 35.9 Å². The van der Waals surface area contributed by atoms with E-state index in [4.69, 9.17) is 22.1 Å². The van der Waals surface area contributed by atoms with Crippen molar-refractivity contribution in [3.8, 4) is 11.5 Å². The number of ether oxygens (including phenoxy) is 1. The number of hydrogen-bond donors (Lipinski definition) is 2. The molecule has 0 aromatic heterocycles. The fourth-order valence-electron chi connectivity index (χ4n) is 4.70. The summed E-state index contributed by atoms with van der Waals surface area (Å²) >= 11 is 7.88. The number of rotatable bonds is 10. The molecule has 1 aliphatic rings. The van der Waals surface area contributed by atoms with Crippen LogP contribution >= 0.6 is 23.4 Å². The molecule has 1 saturated heterocycles. The molecule has 0 radical (unpaired) electrons. The van der Waals surface area contributed by atoms with Crippen molar-refractivity contribution in [3.63, 3.8) is 0 Å². The van der Waals surface area contributed by atoms with Crippen LogP contribution in [-0.4, -0.2) is 71.8 Å². The molecular formula is C28H32ClN3O4S. The Bertz CT molecular complexity index is 1260. The first-order chi connectivity index (χ1) is 17.8. The van der Waals surface area contributed by atoms with Crippen molar-refractivity contribution in [2.24, 2.45) is 5.73 Å². The normalized spacial score (nSPS) is 14.6. The fourth-order valence-corrected chi connectivity index (χ4v) is 5.79. The predicted octanol–water partition coefficient (Wildman–Crippen LogP) is 4.32. The number of hydrogen-bond acceptors (Lipinski definition) is 7. The second-order valence-electron chi connectivity index (χ2n) is 9.17. The largest absolute Gasteiger partial charge is 0.507 e. The molecule has 0 bridgehead atoms. The van der Waals surface area contributed by atoms with Crippen LogP contribution < -0.4 is 10.5 Å². The van der Waals surface area contributed by atoms with Crippen LogP contribution in [0.25, 0.3) is 10.8 Å². The van der Waals surface area contributed by atoms with E-state index in [9.17, 15) is 14.7 Å². The zero-order valence-corrected chi connectivity index (χ0v) is 22.5. The Labute approximate surface area is 226 Å². The Kier molecular flexibility index (Phi) is 9.32. The van der Waals surface area contributed by atoms with Gasteiger partial charge < -0.3 is 20.5 Å². The summed E-state index contributed by atoms with van der Waals surface area (Å²) in [5, 5.41) is 12.7. The average molecular weight is 542 g/mol. The molecule has 196 valence electrons. The summed E-state index contributed by atoms with van der Waals surface area (Å²) in [4.78, 5) is 28.6. The number of carbonyl (C=O) groups excluding carboxylic acids is 2. The van der Waals surface area contributed by atoms with Crippen molar-refractivity contribution in [1.82, 2.24) is 9.80 Å². The number of primary amides is 1. The van der Waals surface area contributed by atoms with Gasteiger partial charge in [0, 0.05) is 68.1 Å². The molecule has 0 atom stereocenters. The molecule has 1 aliphatic heterocycles. The van der Waals surface area contributed by atoms with E-state index in [-0.39, 0.29) is 11.3 Å². The Morgan fingerprint density at radius 2 is 1.70 bits per heavy atom. The highest BCUT2D eigenvalue weighted by molar-refractivity contribution is 7.98. The van der Waals surface area contributed by atoms with Gasteiger partial charge in [0.05, 0.1) is 5.56 Å². The Balaban J connectivity index is 1.34. The molecule has 37 heavy (non-hydrogen) atoms. The maximum Gasteiger partial charge on any atom is 0.308 e. The van der Waals surface area contributed by atoms with Crippen molar-refractivity contribution in [1.29, 1.82) is 0 Å². The van der Waals surface area contributed by atoms with Crippen molar-refractivity contribution in [2.45, 2.75) is 19.1 Å². The summed E-state index contributed by atoms with van der Waals surface area (Å²) in [7, 11) is 0. The third-order valence-corrected chi connectivity index (χ3v) is 7.87. The lowest BCUT2D eigenvalue weighted by Crippen LogP contribution is -2.47. The van der Waals surface area contributed by atoms with Crippen LogP contribution in [0, 0.1) is 0 Å². The van der Waals surface area contributed by atoms with Crippen molar-refractivity contribution in [3.05, 3.63) is 70.2 Å². The molecule has 0 aliphatic carbocycles. The number of phenols is 1. The lowest BCUT2D eigenvalue weighted by atomic mass is 9.94. The molecule has 9 heteroatoms. The highest BCUT2D eigenvalue weighted by Gasteiger charge is 2.22. The lowest BCUT2D eigenvalue weighted by molar-refractivity contribution is -0.131. The van der Waals surface area contributed by atoms with E-state index >= 15 is 0 Å². The maximum absolute atomic E-state index is 12.2. The van der Waals surface area contributed by atoms with E-state index < -0.39 is 11.9 Å². The minimum Gasteiger partial charge on any atom is -0.507 e. The zero-order valence-electron chi connectivity index (χ0n) is 20.9. The van der Waals surface area contributed by atoms with Crippen LogP contribution in [0.2, 0.25) is 5.02 Å². The molecule has 7 nitrogen and oxygen atoms in total. The van der Waals surface area contributed by atoms with Crippen LogP contribution in [0.5, 0.6) is 11.5 Å². The van der Waals surface area contributed by atoms with Gasteiger partial charge >= 0.3 is 5.97 Å². The van der Waals surface area contributed by atoms with Crippen LogP contribution in [0.4, 0.5) is 0 Å². The van der Waals surface area contributed by atoms with Gasteiger partial charge in [0.25, 0.3) is 5.91 Å². The molecule has 1 heterocycles.